The van der Waals surface area contributed by atoms with E-state index in [0.717, 1.165) is 0 Å². The van der Waals surface area contributed by atoms with E-state index >= 15 is 0 Å². The minimum absolute atomic E-state index is 1.20. The molecule has 0 spiro atoms. The molecule has 6 heteroatoms. The van der Waals surface area contributed by atoms with Gasteiger partial charge in [-0.25, -0.2) is 0 Å². The molecule has 0 saturated carbocycles. The molecule has 0 aliphatic rings. The third kappa shape index (κ3) is 5.85. The predicted molar refractivity (Wildman–Crippen MR) is 281 cm³/mol. The topological polar surface area (TPSA) is 14.8 Å². The number of halogens is 3. The molecule has 3 aromatic heterocycles. The lowest BCUT2D eigenvalue weighted by molar-refractivity contribution is 1.48. The zero-order valence-electron chi connectivity index (χ0n) is 32.0. The summed E-state index contributed by atoms with van der Waals surface area (Å²) in [4.78, 5) is 0. The maximum atomic E-state index is 2.47. The number of aromatic nitrogens is 3. The molecule has 3 nitrogen and oxygen atoms in total. The van der Waals surface area contributed by atoms with Crippen molar-refractivity contribution in [3.8, 4) is 55.6 Å². The molecule has 12 aromatic rings. The Hall–Kier alpha value is -5.43. The highest BCUT2D eigenvalue weighted by atomic mass is 127. The SMILES string of the molecule is In1c2ccc(-c3ccccc3)cc2c2cc(-c3cccc(-c4cccc(-c5ccc6c(c5)c5ccc(-c7ccc8c9ccccc9n(I)c8c7)cc5n6I)c4)c3)ccc21. The molecule has 0 amide bonds. The lowest BCUT2D eigenvalue weighted by atomic mass is 9.95. The Balaban J connectivity index is 0.884. The molecule has 12 rings (SSSR count). The van der Waals surface area contributed by atoms with Crippen LogP contribution in [0.1, 0.15) is 0 Å². The summed E-state index contributed by atoms with van der Waals surface area (Å²) in [5.41, 5.74) is 19.5. The van der Waals surface area contributed by atoms with Crippen molar-refractivity contribution in [3.05, 3.63) is 194 Å². The Morgan fingerprint density at radius 2 is 0.517 bits per heavy atom. The van der Waals surface area contributed by atoms with Gasteiger partial charge in [0.2, 0.25) is 0 Å². The first-order valence-electron chi connectivity index (χ1n) is 19.9. The summed E-state index contributed by atoms with van der Waals surface area (Å²) in [6.45, 7) is 0. The van der Waals surface area contributed by atoms with Gasteiger partial charge >= 0.3 is 0 Å². The van der Waals surface area contributed by atoms with Crippen LogP contribution in [0.25, 0.3) is 121 Å². The number of rotatable bonds is 5. The third-order valence-corrected chi connectivity index (χ3v) is 15.3. The minimum atomic E-state index is 1.20. The van der Waals surface area contributed by atoms with Gasteiger partial charge in [-0.15, -0.1) is 0 Å². The summed E-state index contributed by atoms with van der Waals surface area (Å²) in [5, 5.41) is 7.64. The fourth-order valence-corrected chi connectivity index (χ4v) is 11.6. The second kappa shape index (κ2) is 14.4. The van der Waals surface area contributed by atoms with Gasteiger partial charge in [0, 0.05) is 32.3 Å². The van der Waals surface area contributed by atoms with Gasteiger partial charge in [-0.3, -0.25) is 8.34 Å². The van der Waals surface area contributed by atoms with Gasteiger partial charge in [-0.2, -0.15) is 0 Å². The molecule has 284 valence electrons. The standard InChI is InChI=1S/C54H32I3N3/c55-58-51-23-18-38(33-8-2-1-3-9-33)28-47(51)48-30-40(20-25-52(48)58)37-13-7-11-35(27-37)34-10-6-12-36(26-34)39-19-24-50-46(29-39)45-22-17-42(32-54(45)60(50)57)41-16-21-44-43-14-4-5-15-49(43)59(56)53(44)31-41/h1-32H. The highest BCUT2D eigenvalue weighted by Crippen LogP contribution is 2.40. The quantitative estimate of drug-likeness (QED) is 0.153. The lowest BCUT2D eigenvalue weighted by Crippen LogP contribution is -1.84. The van der Waals surface area contributed by atoms with E-state index < -0.39 is 0 Å². The van der Waals surface area contributed by atoms with Crippen molar-refractivity contribution < 1.29 is 0 Å². The van der Waals surface area contributed by atoms with E-state index in [-0.39, 0.29) is 0 Å². The number of nitrogens with zero attached hydrogens (tertiary/aromatic N) is 3. The Morgan fingerprint density at radius 1 is 0.200 bits per heavy atom. The zero-order valence-corrected chi connectivity index (χ0v) is 38.4. The smallest absolute Gasteiger partial charge is 0.0646 e. The fourth-order valence-electron chi connectivity index (χ4n) is 9.16. The van der Waals surface area contributed by atoms with Crippen molar-refractivity contribution in [2.75, 3.05) is 0 Å². The summed E-state index contributed by atoms with van der Waals surface area (Å²) in [7, 11) is 0. The summed E-state index contributed by atoms with van der Waals surface area (Å²) in [6, 6.07) is 71.6. The second-order valence-electron chi connectivity index (χ2n) is 15.5. The first-order valence-corrected chi connectivity index (χ1v) is 22.8. The van der Waals surface area contributed by atoms with Gasteiger partial charge in [0.25, 0.3) is 0 Å². The summed E-state index contributed by atoms with van der Waals surface area (Å²) >= 11 is 7.33. The molecule has 0 bridgehead atoms. The molecule has 0 atom stereocenters. The Bertz CT molecular complexity index is 3700. The van der Waals surface area contributed by atoms with E-state index in [4.69, 9.17) is 0 Å². The summed E-state index contributed by atoms with van der Waals surface area (Å²) < 4.78 is 6.87. The van der Waals surface area contributed by atoms with Gasteiger partial charge in [0.15, 0.2) is 0 Å². The molecular formula is C54H32I3N3. The Labute approximate surface area is 388 Å². The molecular weight excluding hydrogens is 1070 g/mol. The van der Waals surface area contributed by atoms with Crippen molar-refractivity contribution in [1.82, 2.24) is 8.34 Å². The first-order chi connectivity index (χ1) is 29.5. The maximum Gasteiger partial charge on any atom is 0.0646 e. The average molecular weight is 1100 g/mol. The fraction of sp³-hybridized carbons (Fsp3) is 0. The van der Waals surface area contributed by atoms with Gasteiger partial charge in [-0.1, -0.05) is 127 Å². The van der Waals surface area contributed by atoms with Crippen molar-refractivity contribution in [3.63, 3.8) is 0 Å². The molecule has 0 radical (unpaired) electrons. The van der Waals surface area contributed by atoms with Crippen LogP contribution >= 0.6 is 68.6 Å². The molecule has 0 fully saturated rings. The normalized spacial score (nSPS) is 11.9. The van der Waals surface area contributed by atoms with Crippen molar-refractivity contribution >= 4 is 134 Å². The van der Waals surface area contributed by atoms with Crippen molar-refractivity contribution in [2.45, 2.75) is 0 Å². The van der Waals surface area contributed by atoms with Crippen LogP contribution in [0.4, 0.5) is 0 Å². The number of fused-ring (bicyclic) bond motifs is 9. The van der Waals surface area contributed by atoms with E-state index in [1.807, 2.05) is 0 Å². The number of hydrogen-bond acceptors (Lipinski definition) is 0. The van der Waals surface area contributed by atoms with Crippen molar-refractivity contribution in [2.24, 2.45) is 0 Å². The highest BCUT2D eigenvalue weighted by Gasteiger charge is 2.16. The Kier molecular flexibility index (Phi) is 8.71. The van der Waals surface area contributed by atoms with Gasteiger partial charge in [0.1, 0.15) is 0 Å². The van der Waals surface area contributed by atoms with Crippen LogP contribution in [-0.4, -0.2) is 8.34 Å². The van der Waals surface area contributed by atoms with E-state index in [0.29, 0.717) is 0 Å². The molecule has 0 aliphatic carbocycles. The van der Waals surface area contributed by atoms with Crippen LogP contribution in [0.5, 0.6) is 0 Å². The van der Waals surface area contributed by atoms with E-state index in [9.17, 15) is 0 Å². The van der Waals surface area contributed by atoms with Crippen LogP contribution in [0, 0.1) is 0 Å². The molecule has 3 heterocycles. The Morgan fingerprint density at radius 3 is 1.03 bits per heavy atom. The molecule has 0 N–H and O–H groups in total. The maximum absolute atomic E-state index is 2.47. The average Bonchev–Trinajstić information content (AvgIpc) is 3.88. The van der Waals surface area contributed by atoms with Crippen LogP contribution in [0.3, 0.4) is 0 Å². The predicted octanol–water partition coefficient (Wildman–Crippen LogP) is 16.9. The van der Waals surface area contributed by atoms with Crippen molar-refractivity contribution in [1.29, 1.82) is 0 Å². The molecule has 0 unspecified atom stereocenters. The first kappa shape index (κ1) is 36.4. The van der Waals surface area contributed by atoms with Crippen LogP contribution in [0.15, 0.2) is 194 Å². The van der Waals surface area contributed by atoms with Gasteiger partial charge < -0.3 is 0 Å². The van der Waals surface area contributed by atoms with Gasteiger partial charge in [-0.05, 0) is 122 Å². The highest BCUT2D eigenvalue weighted by molar-refractivity contribution is 14.1. The van der Waals surface area contributed by atoms with Crippen LogP contribution < -0.4 is 0 Å². The van der Waals surface area contributed by atoms with Gasteiger partial charge in [0.05, 0.1) is 102 Å². The minimum Gasteiger partial charge on any atom is -0.282 e. The monoisotopic (exact) mass is 1100 g/mol. The molecule has 9 aromatic carbocycles. The lowest BCUT2D eigenvalue weighted by Gasteiger charge is -2.09. The number of para-hydroxylation sites is 1. The van der Waals surface area contributed by atoms with E-state index in [1.54, 1.807) is 0 Å². The summed E-state index contributed by atoms with van der Waals surface area (Å²) in [5.74, 6) is 0. The molecule has 0 saturated heterocycles. The number of benzene rings is 9. The second-order valence-corrected chi connectivity index (χ2v) is 18.4. The zero-order chi connectivity index (χ0) is 40.1. The van der Waals surface area contributed by atoms with Crippen LogP contribution in [0.2, 0.25) is 0 Å². The van der Waals surface area contributed by atoms with Crippen LogP contribution in [-0.2, 0) is 0 Å². The molecule has 60 heavy (non-hydrogen) atoms. The summed E-state index contributed by atoms with van der Waals surface area (Å²) in [6.07, 6.45) is 0. The molecule has 0 aliphatic heterocycles. The third-order valence-electron chi connectivity index (χ3n) is 12.2. The van der Waals surface area contributed by atoms with E-state index in [2.05, 4.69) is 271 Å². The van der Waals surface area contributed by atoms with E-state index in [1.165, 1.54) is 121 Å². The number of hydrogen-bond donors (Lipinski definition) is 0. The largest absolute Gasteiger partial charge is 0.282 e.